The third-order valence-corrected chi connectivity index (χ3v) is 3.32. The maximum absolute atomic E-state index is 10.7. The second-order valence-corrected chi connectivity index (χ2v) is 6.53. The second-order valence-electron chi connectivity index (χ2n) is 5.68. The first kappa shape index (κ1) is 15.9. The molecule has 0 spiro atoms. The monoisotopic (exact) mass is 329 g/mol. The first-order chi connectivity index (χ1) is 8.71. The third-order valence-electron chi connectivity index (χ3n) is 2.67. The van der Waals surface area contributed by atoms with E-state index in [0.717, 1.165) is 18.8 Å². The van der Waals surface area contributed by atoms with E-state index >= 15 is 0 Å². The number of nitrogens with one attached hydrogen (secondary N) is 1. The Morgan fingerprint density at radius 3 is 2.53 bits per heavy atom. The van der Waals surface area contributed by atoms with E-state index in [-0.39, 0.29) is 11.1 Å². The molecule has 1 aromatic carbocycles. The average molecular weight is 330 g/mol. The van der Waals surface area contributed by atoms with Gasteiger partial charge in [-0.05, 0) is 41.5 Å². The van der Waals surface area contributed by atoms with Crippen molar-refractivity contribution in [2.45, 2.75) is 13.8 Å². The van der Waals surface area contributed by atoms with E-state index in [1.54, 1.807) is 6.07 Å². The molecule has 0 radical (unpaired) electrons. The summed E-state index contributed by atoms with van der Waals surface area (Å²) in [6.45, 7) is 6.12. The zero-order chi connectivity index (χ0) is 14.6. The molecule has 0 amide bonds. The van der Waals surface area contributed by atoms with Crippen LogP contribution in [-0.2, 0) is 0 Å². The summed E-state index contributed by atoms with van der Waals surface area (Å²) in [7, 11) is 4.09. The Balaban J connectivity index is 2.71. The Bertz CT molecular complexity index is 461. The zero-order valence-electron chi connectivity index (χ0n) is 11.7. The minimum atomic E-state index is -0.398. The average Bonchev–Trinajstić information content (AvgIpc) is 2.25. The van der Waals surface area contributed by atoms with Crippen LogP contribution in [0.25, 0.3) is 0 Å². The first-order valence-electron chi connectivity index (χ1n) is 6.04. The topological polar surface area (TPSA) is 58.4 Å². The van der Waals surface area contributed by atoms with E-state index in [9.17, 15) is 10.1 Å². The van der Waals surface area contributed by atoms with E-state index in [1.807, 2.05) is 14.1 Å². The highest BCUT2D eigenvalue weighted by molar-refractivity contribution is 9.10. The van der Waals surface area contributed by atoms with Crippen LogP contribution in [0.4, 0.5) is 11.4 Å². The Morgan fingerprint density at radius 2 is 2.05 bits per heavy atom. The summed E-state index contributed by atoms with van der Waals surface area (Å²) in [4.78, 5) is 12.4. The number of anilines is 1. The van der Waals surface area contributed by atoms with Gasteiger partial charge in [0.05, 0.1) is 4.92 Å². The molecule has 19 heavy (non-hydrogen) atoms. The molecule has 6 heteroatoms. The fraction of sp³-hybridized carbons (Fsp3) is 0.538. The van der Waals surface area contributed by atoms with Crippen molar-refractivity contribution in [1.82, 2.24) is 4.90 Å². The number of hydrogen-bond donors (Lipinski definition) is 1. The standard InChI is InChI=1S/C13H20BrN3O2/c1-13(2,9-16(3)4)8-15-12-6-5-10(17(18)19)7-11(12)14/h5-7,15H,8-9H2,1-4H3. The van der Waals surface area contributed by atoms with Crippen molar-refractivity contribution in [3.05, 3.63) is 32.8 Å². The summed E-state index contributed by atoms with van der Waals surface area (Å²) >= 11 is 3.36. The van der Waals surface area contributed by atoms with Crippen LogP contribution in [0.5, 0.6) is 0 Å². The highest BCUT2D eigenvalue weighted by Crippen LogP contribution is 2.28. The fourth-order valence-corrected chi connectivity index (χ4v) is 2.51. The number of hydrogen-bond acceptors (Lipinski definition) is 4. The van der Waals surface area contributed by atoms with E-state index in [2.05, 4.69) is 40.0 Å². The fourth-order valence-electron chi connectivity index (χ4n) is 2.01. The number of nitro groups is 1. The highest BCUT2D eigenvalue weighted by Gasteiger charge is 2.19. The number of benzene rings is 1. The number of halogens is 1. The van der Waals surface area contributed by atoms with Crippen LogP contribution in [0.1, 0.15) is 13.8 Å². The smallest absolute Gasteiger partial charge is 0.270 e. The van der Waals surface area contributed by atoms with Gasteiger partial charge < -0.3 is 10.2 Å². The van der Waals surface area contributed by atoms with Crippen LogP contribution in [0, 0.1) is 15.5 Å². The van der Waals surface area contributed by atoms with Gasteiger partial charge in [0.15, 0.2) is 0 Å². The Kier molecular flexibility index (Phi) is 5.31. The lowest BCUT2D eigenvalue weighted by Crippen LogP contribution is -2.34. The van der Waals surface area contributed by atoms with Gasteiger partial charge in [-0.3, -0.25) is 10.1 Å². The van der Waals surface area contributed by atoms with Crippen molar-refractivity contribution in [2.75, 3.05) is 32.5 Å². The molecule has 5 nitrogen and oxygen atoms in total. The summed E-state index contributed by atoms with van der Waals surface area (Å²) in [6, 6.07) is 4.75. The van der Waals surface area contributed by atoms with Gasteiger partial charge >= 0.3 is 0 Å². The number of nitrogens with zero attached hydrogens (tertiary/aromatic N) is 2. The molecule has 0 saturated carbocycles. The van der Waals surface area contributed by atoms with Crippen molar-refractivity contribution >= 4 is 27.3 Å². The van der Waals surface area contributed by atoms with E-state index < -0.39 is 4.92 Å². The lowest BCUT2D eigenvalue weighted by molar-refractivity contribution is -0.384. The van der Waals surface area contributed by atoms with Gasteiger partial charge in [-0.1, -0.05) is 13.8 Å². The van der Waals surface area contributed by atoms with E-state index in [0.29, 0.717) is 4.47 Å². The molecule has 0 aromatic heterocycles. The van der Waals surface area contributed by atoms with Gasteiger partial charge in [0.25, 0.3) is 5.69 Å². The van der Waals surface area contributed by atoms with Gasteiger partial charge in [-0.15, -0.1) is 0 Å². The van der Waals surface area contributed by atoms with Crippen LogP contribution in [0.2, 0.25) is 0 Å². The predicted octanol–water partition coefficient (Wildman–Crippen LogP) is 3.36. The summed E-state index contributed by atoms with van der Waals surface area (Å²) < 4.78 is 0.711. The molecule has 0 fully saturated rings. The summed E-state index contributed by atoms with van der Waals surface area (Å²) in [5, 5.41) is 14.0. The van der Waals surface area contributed by atoms with Gasteiger partial charge in [0.2, 0.25) is 0 Å². The van der Waals surface area contributed by atoms with Gasteiger partial charge in [-0.2, -0.15) is 0 Å². The lowest BCUT2D eigenvalue weighted by Gasteiger charge is -2.29. The summed E-state index contributed by atoms with van der Waals surface area (Å²) in [5.41, 5.74) is 1.08. The molecule has 0 bridgehead atoms. The molecule has 0 unspecified atom stereocenters. The Hall–Kier alpha value is -1.14. The van der Waals surface area contributed by atoms with E-state index in [4.69, 9.17) is 0 Å². The van der Waals surface area contributed by atoms with Gasteiger partial charge in [-0.25, -0.2) is 0 Å². The molecular weight excluding hydrogens is 310 g/mol. The van der Waals surface area contributed by atoms with Crippen LogP contribution < -0.4 is 5.32 Å². The molecule has 1 rings (SSSR count). The first-order valence-corrected chi connectivity index (χ1v) is 6.83. The number of nitro benzene ring substituents is 1. The number of non-ortho nitro benzene ring substituents is 1. The SMILES string of the molecule is CN(C)CC(C)(C)CNc1ccc([N+](=O)[O-])cc1Br. The highest BCUT2D eigenvalue weighted by atomic mass is 79.9. The summed E-state index contributed by atoms with van der Waals surface area (Å²) in [5.74, 6) is 0. The minimum absolute atomic E-state index is 0.0879. The van der Waals surface area contributed by atoms with Gasteiger partial charge in [0.1, 0.15) is 0 Å². The van der Waals surface area contributed by atoms with Crippen LogP contribution in [0.15, 0.2) is 22.7 Å². The molecular formula is C13H20BrN3O2. The molecule has 0 atom stereocenters. The summed E-state index contributed by atoms with van der Waals surface area (Å²) in [6.07, 6.45) is 0. The van der Waals surface area contributed by atoms with Crippen molar-refractivity contribution < 1.29 is 4.92 Å². The van der Waals surface area contributed by atoms with Crippen LogP contribution >= 0.6 is 15.9 Å². The molecule has 0 aliphatic carbocycles. The molecule has 0 aliphatic heterocycles. The quantitative estimate of drug-likeness (QED) is 0.642. The normalized spacial score (nSPS) is 11.7. The van der Waals surface area contributed by atoms with E-state index in [1.165, 1.54) is 12.1 Å². The largest absolute Gasteiger partial charge is 0.384 e. The molecule has 0 heterocycles. The van der Waals surface area contributed by atoms with Crippen molar-refractivity contribution in [2.24, 2.45) is 5.41 Å². The Morgan fingerprint density at radius 1 is 1.42 bits per heavy atom. The zero-order valence-corrected chi connectivity index (χ0v) is 13.3. The predicted molar refractivity (Wildman–Crippen MR) is 81.6 cm³/mol. The van der Waals surface area contributed by atoms with Crippen molar-refractivity contribution in [3.8, 4) is 0 Å². The molecule has 1 N–H and O–H groups in total. The van der Waals surface area contributed by atoms with Crippen molar-refractivity contribution in [1.29, 1.82) is 0 Å². The molecule has 106 valence electrons. The maximum Gasteiger partial charge on any atom is 0.270 e. The third kappa shape index (κ3) is 5.16. The Labute approximate surface area is 122 Å². The van der Waals surface area contributed by atoms with Crippen LogP contribution in [0.3, 0.4) is 0 Å². The molecule has 0 aliphatic rings. The van der Waals surface area contributed by atoms with Crippen LogP contribution in [-0.4, -0.2) is 37.0 Å². The molecule has 1 aromatic rings. The minimum Gasteiger partial charge on any atom is -0.384 e. The maximum atomic E-state index is 10.7. The van der Waals surface area contributed by atoms with Crippen molar-refractivity contribution in [3.63, 3.8) is 0 Å². The molecule has 0 saturated heterocycles. The lowest BCUT2D eigenvalue weighted by atomic mass is 9.93. The van der Waals surface area contributed by atoms with Gasteiger partial charge in [0, 0.05) is 35.4 Å². The number of rotatable bonds is 6. The second kappa shape index (κ2) is 6.34.